The van der Waals surface area contributed by atoms with Crippen LogP contribution in [-0.2, 0) is 15.5 Å². The van der Waals surface area contributed by atoms with E-state index >= 15 is 0 Å². The monoisotopic (exact) mass is 745 g/mol. The predicted molar refractivity (Wildman–Crippen MR) is 167 cm³/mol. The number of nitrogens with zero attached hydrogens (tertiary/aromatic N) is 4. The fourth-order valence-electron chi connectivity index (χ4n) is 3.01. The number of aromatic nitrogens is 3. The summed E-state index contributed by atoms with van der Waals surface area (Å²) in [6, 6.07) is 5.53. The molecule has 0 spiro atoms. The van der Waals surface area contributed by atoms with Gasteiger partial charge >= 0.3 is 25.7 Å². The lowest BCUT2D eigenvalue weighted by atomic mass is 10.1. The minimum absolute atomic E-state index is 0.125. The molecule has 0 fully saturated rings. The lowest BCUT2D eigenvalue weighted by Crippen LogP contribution is -2.23. The minimum Gasteiger partial charge on any atom is -0.480 e. The molecule has 0 amide bonds. The molecule has 0 saturated heterocycles. The zero-order valence-electron chi connectivity index (χ0n) is 25.0. The van der Waals surface area contributed by atoms with Crippen LogP contribution in [0, 0.1) is 10.1 Å². The van der Waals surface area contributed by atoms with Gasteiger partial charge in [0.25, 0.3) is 5.69 Å². The normalized spacial score (nSPS) is 11.0. The van der Waals surface area contributed by atoms with Crippen LogP contribution in [0.4, 0.5) is 30.8 Å². The van der Waals surface area contributed by atoms with E-state index in [1.807, 2.05) is 20.8 Å². The molecule has 3 aromatic rings. The van der Waals surface area contributed by atoms with Crippen molar-refractivity contribution in [2.24, 2.45) is 0 Å². The summed E-state index contributed by atoms with van der Waals surface area (Å²) in [5.41, 5.74) is -2.25. The molecule has 0 atom stereocenters. The minimum atomic E-state index is -4.58. The molecule has 17 nitrogen and oxygen atoms in total. The molecule has 1 heterocycles. The smallest absolute Gasteiger partial charge is 0.416 e. The maximum Gasteiger partial charge on any atom is 0.416 e. The molecule has 0 bridgehead atoms. The summed E-state index contributed by atoms with van der Waals surface area (Å²) >= 11 is 11.4. The number of aliphatic carboxylic acids is 1. The number of hydrogen-bond donors (Lipinski definition) is 7. The van der Waals surface area contributed by atoms with Crippen molar-refractivity contribution in [3.05, 3.63) is 67.9 Å². The van der Waals surface area contributed by atoms with Gasteiger partial charge in [-0.2, -0.15) is 28.1 Å². The number of carboxylic acids is 2. The highest BCUT2D eigenvalue weighted by Crippen LogP contribution is 2.37. The van der Waals surface area contributed by atoms with Crippen molar-refractivity contribution in [3.8, 4) is 11.5 Å². The van der Waals surface area contributed by atoms with E-state index in [9.17, 15) is 37.4 Å². The lowest BCUT2D eigenvalue weighted by Gasteiger charge is -2.11. The van der Waals surface area contributed by atoms with Gasteiger partial charge in [-0.3, -0.25) is 24.8 Å². The first kappa shape index (κ1) is 41.7. The molecule has 3 rings (SSSR count). The van der Waals surface area contributed by atoms with Gasteiger partial charge in [0, 0.05) is 24.7 Å². The van der Waals surface area contributed by atoms with Gasteiger partial charge in [0.1, 0.15) is 17.1 Å². The van der Waals surface area contributed by atoms with Crippen molar-refractivity contribution >= 4 is 60.3 Å². The maximum absolute atomic E-state index is 12.6. The number of rotatable bonds is 12. The van der Waals surface area contributed by atoms with E-state index in [0.29, 0.717) is 18.0 Å². The summed E-state index contributed by atoms with van der Waals surface area (Å²) in [7, 11) is -4.10. The Balaban J connectivity index is 0.000000406. The van der Waals surface area contributed by atoms with Crippen molar-refractivity contribution in [1.29, 1.82) is 0 Å². The van der Waals surface area contributed by atoms with Crippen LogP contribution >= 0.6 is 30.8 Å². The van der Waals surface area contributed by atoms with Crippen molar-refractivity contribution in [2.75, 3.05) is 30.0 Å². The maximum atomic E-state index is 12.6. The SMILES string of the molecule is CCNc1nc(Cl)nc(NC(C)C)n1.O=C(O)CNCP(=O)(O)O.O=C(O)c1cc(Oc2ccc(C(F)(F)F)cc2Cl)ccc1[N+](=O)[O-]. The van der Waals surface area contributed by atoms with Gasteiger partial charge in [-0.15, -0.1) is 0 Å². The average molecular weight is 746 g/mol. The Labute approximate surface area is 279 Å². The Bertz CT molecular complexity index is 1630. The number of carbonyl (C=O) groups is 2. The number of hydrogen-bond acceptors (Lipinski definition) is 12. The van der Waals surface area contributed by atoms with Crippen molar-refractivity contribution < 1.29 is 57.0 Å². The number of anilines is 2. The van der Waals surface area contributed by atoms with Crippen molar-refractivity contribution in [1.82, 2.24) is 20.3 Å². The zero-order valence-corrected chi connectivity index (χ0v) is 27.4. The first-order valence-corrected chi connectivity index (χ1v) is 15.6. The summed E-state index contributed by atoms with van der Waals surface area (Å²) in [6.45, 7) is 6.29. The summed E-state index contributed by atoms with van der Waals surface area (Å²) < 4.78 is 52.9. The highest BCUT2D eigenvalue weighted by atomic mass is 35.5. The average Bonchev–Trinajstić information content (AvgIpc) is 2.92. The number of nitrogens with one attached hydrogen (secondary N) is 3. The highest BCUT2D eigenvalue weighted by Gasteiger charge is 2.31. The molecule has 264 valence electrons. The van der Waals surface area contributed by atoms with E-state index in [1.165, 1.54) is 0 Å². The lowest BCUT2D eigenvalue weighted by molar-refractivity contribution is -0.385. The van der Waals surface area contributed by atoms with Gasteiger partial charge < -0.3 is 35.4 Å². The topological polar surface area (TPSA) is 259 Å². The van der Waals surface area contributed by atoms with E-state index < -0.39 is 60.3 Å². The number of aromatic carboxylic acids is 1. The predicted octanol–water partition coefficient (Wildman–Crippen LogP) is 5.33. The van der Waals surface area contributed by atoms with E-state index in [2.05, 4.69) is 30.9 Å². The van der Waals surface area contributed by atoms with Crippen molar-refractivity contribution in [3.63, 3.8) is 0 Å². The standard InChI is InChI=1S/C14H7ClF3NO5.C8H14ClN5.C3H8NO5P/c15-10-5-7(14(16,17)18)1-4-12(10)24-8-2-3-11(19(22)23)9(6-8)13(20)21;1-4-10-7-12-6(9)13-8(14-7)11-5(2)3;5-3(6)1-4-2-10(7,8)9/h1-6H,(H,20,21);5H,4H2,1-3H3,(H2,10,11,12,13,14);4H,1-2H2,(H,5,6)(H2,7,8,9). The Kier molecular flexibility index (Phi) is 16.4. The van der Waals surface area contributed by atoms with Gasteiger partial charge in [-0.05, 0) is 56.6 Å². The summed E-state index contributed by atoms with van der Waals surface area (Å²) in [6.07, 6.45) is -5.18. The van der Waals surface area contributed by atoms with E-state index in [4.69, 9.17) is 47.9 Å². The zero-order chi connectivity index (χ0) is 36.8. The number of nitro benzene ring substituents is 1. The quantitative estimate of drug-likeness (QED) is 0.0702. The van der Waals surface area contributed by atoms with Gasteiger partial charge in [-0.25, -0.2) is 4.79 Å². The first-order valence-electron chi connectivity index (χ1n) is 13.1. The Morgan fingerprint density at radius 3 is 2.17 bits per heavy atom. The first-order chi connectivity index (χ1) is 22.1. The van der Waals surface area contributed by atoms with Crippen LogP contribution in [0.5, 0.6) is 11.5 Å². The number of ether oxygens (including phenoxy) is 1. The second kappa shape index (κ2) is 18.9. The Morgan fingerprint density at radius 2 is 1.69 bits per heavy atom. The van der Waals surface area contributed by atoms with Crippen molar-refractivity contribution in [2.45, 2.75) is 33.0 Å². The second-order valence-electron chi connectivity index (χ2n) is 9.21. The fraction of sp³-hybridized carbons (Fsp3) is 0.320. The molecule has 1 aromatic heterocycles. The third kappa shape index (κ3) is 16.0. The van der Waals surface area contributed by atoms with Gasteiger partial charge in [0.15, 0.2) is 0 Å². The number of halogens is 5. The molecule has 48 heavy (non-hydrogen) atoms. The summed E-state index contributed by atoms with van der Waals surface area (Å²) in [5.74, 6) is -1.99. The summed E-state index contributed by atoms with van der Waals surface area (Å²) in [5, 5.41) is 35.7. The number of alkyl halides is 3. The molecule has 23 heteroatoms. The van der Waals surface area contributed by atoms with Crippen LogP contribution in [0.2, 0.25) is 10.3 Å². The van der Waals surface area contributed by atoms with Crippen LogP contribution in [0.1, 0.15) is 36.7 Å². The Morgan fingerprint density at radius 1 is 1.06 bits per heavy atom. The molecule has 2 aromatic carbocycles. The number of benzene rings is 2. The number of nitro groups is 1. The van der Waals surface area contributed by atoms with E-state index in [1.54, 1.807) is 0 Å². The molecule has 0 saturated carbocycles. The van der Waals surface area contributed by atoms with Crippen LogP contribution in [0.3, 0.4) is 0 Å². The summed E-state index contributed by atoms with van der Waals surface area (Å²) in [4.78, 5) is 59.1. The van der Waals surface area contributed by atoms with Crippen LogP contribution in [0.25, 0.3) is 0 Å². The molecule has 0 radical (unpaired) electrons. The third-order valence-electron chi connectivity index (χ3n) is 4.84. The fourth-order valence-corrected chi connectivity index (χ4v) is 3.80. The van der Waals surface area contributed by atoms with Crippen LogP contribution in [0.15, 0.2) is 36.4 Å². The third-order valence-corrected chi connectivity index (χ3v) is 5.94. The largest absolute Gasteiger partial charge is 0.480 e. The molecule has 0 unspecified atom stereocenters. The molecule has 7 N–H and O–H groups in total. The second-order valence-corrected chi connectivity index (χ2v) is 11.6. The van der Waals surface area contributed by atoms with E-state index in [-0.39, 0.29) is 27.8 Å². The van der Waals surface area contributed by atoms with E-state index in [0.717, 1.165) is 36.9 Å². The number of carboxylic acid groups (broad SMARTS) is 2. The van der Waals surface area contributed by atoms with Crippen LogP contribution < -0.4 is 20.7 Å². The molecule has 0 aliphatic carbocycles. The molecule has 0 aliphatic rings. The van der Waals surface area contributed by atoms with Crippen LogP contribution in [-0.4, -0.2) is 77.2 Å². The molecular weight excluding hydrogens is 717 g/mol. The Hall–Kier alpha value is -4.33. The molecule has 0 aliphatic heterocycles. The van der Waals surface area contributed by atoms with Gasteiger partial charge in [0.05, 0.1) is 28.3 Å². The molecular formula is C25H29Cl2F3N7O10P. The van der Waals surface area contributed by atoms with Gasteiger partial charge in [-0.1, -0.05) is 11.6 Å². The van der Waals surface area contributed by atoms with Gasteiger partial charge in [0.2, 0.25) is 17.2 Å². The highest BCUT2D eigenvalue weighted by molar-refractivity contribution is 7.51.